The first-order chi connectivity index (χ1) is 15.9. The van der Waals surface area contributed by atoms with Gasteiger partial charge in [0, 0.05) is 18.7 Å². The van der Waals surface area contributed by atoms with E-state index in [1.54, 1.807) is 19.1 Å². The van der Waals surface area contributed by atoms with Crippen molar-refractivity contribution < 1.29 is 22.8 Å². The maximum atomic E-state index is 13.5. The Morgan fingerprint density at radius 2 is 1.62 bits per heavy atom. The monoisotopic (exact) mass is 487 g/mol. The molecule has 0 fully saturated rings. The predicted molar refractivity (Wildman–Crippen MR) is 133 cm³/mol. The topological polar surface area (TPSA) is 104 Å². The standard InChI is InChI=1S/C25H33N3O5S/c1-18(2)15-26-25(31)19(3)27(16-21-10-7-6-8-11-21)24(30)17-28(34(5,32)33)23-13-9-12-22(14-23)20(4)29/h6-14,18-19H,15-17H2,1-5H3,(H,26,31). The number of carbonyl (C=O) groups excluding carboxylic acids is 3. The third-order valence-electron chi connectivity index (χ3n) is 5.27. The molecule has 0 heterocycles. The molecule has 0 radical (unpaired) electrons. The number of benzene rings is 2. The van der Waals surface area contributed by atoms with Gasteiger partial charge in [-0.3, -0.25) is 18.7 Å². The molecule has 34 heavy (non-hydrogen) atoms. The molecule has 0 aliphatic heterocycles. The predicted octanol–water partition coefficient (Wildman–Crippen LogP) is 2.84. The molecule has 1 N–H and O–H groups in total. The molecule has 0 saturated carbocycles. The highest BCUT2D eigenvalue weighted by molar-refractivity contribution is 7.92. The molecule has 8 nitrogen and oxygen atoms in total. The molecule has 0 aliphatic rings. The molecule has 2 aromatic carbocycles. The fourth-order valence-corrected chi connectivity index (χ4v) is 4.15. The number of anilines is 1. The van der Waals surface area contributed by atoms with Gasteiger partial charge in [-0.1, -0.05) is 56.3 Å². The SMILES string of the molecule is CC(=O)c1cccc(N(CC(=O)N(Cc2ccccc2)C(C)C(=O)NCC(C)C)S(C)(=O)=O)c1. The summed E-state index contributed by atoms with van der Waals surface area (Å²) in [5.74, 6) is -0.830. The van der Waals surface area contributed by atoms with Crippen LogP contribution in [-0.2, 0) is 26.2 Å². The second-order valence-electron chi connectivity index (χ2n) is 8.70. The maximum Gasteiger partial charge on any atom is 0.244 e. The molecular formula is C25H33N3O5S. The second-order valence-corrected chi connectivity index (χ2v) is 10.6. The normalized spacial score (nSPS) is 12.2. The van der Waals surface area contributed by atoms with Crippen molar-refractivity contribution >= 4 is 33.3 Å². The highest BCUT2D eigenvalue weighted by Gasteiger charge is 2.30. The van der Waals surface area contributed by atoms with Crippen molar-refractivity contribution in [3.05, 3.63) is 65.7 Å². The lowest BCUT2D eigenvalue weighted by molar-refractivity contribution is -0.139. The number of nitrogens with zero attached hydrogens (tertiary/aromatic N) is 2. The third kappa shape index (κ3) is 7.69. The summed E-state index contributed by atoms with van der Waals surface area (Å²) in [4.78, 5) is 39.4. The molecule has 184 valence electrons. The van der Waals surface area contributed by atoms with E-state index in [1.165, 1.54) is 24.0 Å². The van der Waals surface area contributed by atoms with Gasteiger partial charge in [-0.05, 0) is 37.5 Å². The van der Waals surface area contributed by atoms with Gasteiger partial charge in [-0.2, -0.15) is 0 Å². The number of hydrogen-bond donors (Lipinski definition) is 1. The van der Waals surface area contributed by atoms with Crippen molar-refractivity contribution in [2.75, 3.05) is 23.7 Å². The number of amides is 2. The molecular weight excluding hydrogens is 454 g/mol. The molecule has 0 aliphatic carbocycles. The van der Waals surface area contributed by atoms with E-state index in [1.807, 2.05) is 44.2 Å². The summed E-state index contributed by atoms with van der Waals surface area (Å²) in [7, 11) is -3.86. The number of rotatable bonds is 11. The highest BCUT2D eigenvalue weighted by Crippen LogP contribution is 2.21. The van der Waals surface area contributed by atoms with Crippen molar-refractivity contribution in [1.82, 2.24) is 10.2 Å². The molecule has 1 atom stereocenters. The van der Waals surface area contributed by atoms with Crippen molar-refractivity contribution in [3.63, 3.8) is 0 Å². The zero-order valence-corrected chi connectivity index (χ0v) is 21.1. The third-order valence-corrected chi connectivity index (χ3v) is 6.41. The van der Waals surface area contributed by atoms with E-state index in [9.17, 15) is 22.8 Å². The molecule has 0 aromatic heterocycles. The lowest BCUT2D eigenvalue weighted by Crippen LogP contribution is -2.51. The highest BCUT2D eigenvalue weighted by atomic mass is 32.2. The van der Waals surface area contributed by atoms with Gasteiger partial charge in [-0.25, -0.2) is 8.42 Å². The van der Waals surface area contributed by atoms with Crippen LogP contribution >= 0.6 is 0 Å². The molecule has 2 aromatic rings. The van der Waals surface area contributed by atoms with Crippen molar-refractivity contribution in [3.8, 4) is 0 Å². The van der Waals surface area contributed by atoms with E-state index in [-0.39, 0.29) is 29.8 Å². The van der Waals surface area contributed by atoms with E-state index < -0.39 is 28.5 Å². The van der Waals surface area contributed by atoms with E-state index in [0.29, 0.717) is 12.1 Å². The molecule has 0 saturated heterocycles. The number of ketones is 1. The zero-order chi connectivity index (χ0) is 25.5. The van der Waals surface area contributed by atoms with Crippen molar-refractivity contribution in [2.45, 2.75) is 40.3 Å². The lowest BCUT2D eigenvalue weighted by Gasteiger charge is -2.31. The Morgan fingerprint density at radius 1 is 0.971 bits per heavy atom. The van der Waals surface area contributed by atoms with Gasteiger partial charge in [0.05, 0.1) is 11.9 Å². The van der Waals surface area contributed by atoms with Gasteiger partial charge < -0.3 is 10.2 Å². The van der Waals surface area contributed by atoms with Gasteiger partial charge in [0.15, 0.2) is 5.78 Å². The number of nitrogens with one attached hydrogen (secondary N) is 1. The first kappa shape index (κ1) is 27.0. The minimum absolute atomic E-state index is 0.140. The first-order valence-electron chi connectivity index (χ1n) is 11.1. The van der Waals surface area contributed by atoms with Crippen LogP contribution in [0.25, 0.3) is 0 Å². The largest absolute Gasteiger partial charge is 0.354 e. The molecule has 1 unspecified atom stereocenters. The number of carbonyl (C=O) groups is 3. The lowest BCUT2D eigenvalue weighted by atomic mass is 10.1. The maximum absolute atomic E-state index is 13.5. The minimum atomic E-state index is -3.86. The van der Waals surface area contributed by atoms with Crippen LogP contribution in [-0.4, -0.2) is 56.3 Å². The summed E-state index contributed by atoms with van der Waals surface area (Å²) in [5.41, 5.74) is 1.35. The summed E-state index contributed by atoms with van der Waals surface area (Å²) in [5, 5.41) is 2.84. The summed E-state index contributed by atoms with van der Waals surface area (Å²) in [6, 6.07) is 14.5. The van der Waals surface area contributed by atoms with Gasteiger partial charge in [0.2, 0.25) is 21.8 Å². The van der Waals surface area contributed by atoms with Crippen LogP contribution in [0.4, 0.5) is 5.69 Å². The number of hydrogen-bond acceptors (Lipinski definition) is 5. The molecule has 0 spiro atoms. The van der Waals surface area contributed by atoms with E-state index in [4.69, 9.17) is 0 Å². The smallest absolute Gasteiger partial charge is 0.244 e. The van der Waals surface area contributed by atoms with E-state index >= 15 is 0 Å². The van der Waals surface area contributed by atoms with Gasteiger partial charge >= 0.3 is 0 Å². The van der Waals surface area contributed by atoms with Crippen LogP contribution in [0.2, 0.25) is 0 Å². The first-order valence-corrected chi connectivity index (χ1v) is 12.9. The fourth-order valence-electron chi connectivity index (χ4n) is 3.31. The van der Waals surface area contributed by atoms with E-state index in [0.717, 1.165) is 16.1 Å². The Kier molecular flexibility index (Phi) is 9.37. The summed E-state index contributed by atoms with van der Waals surface area (Å²) < 4.78 is 26.2. The summed E-state index contributed by atoms with van der Waals surface area (Å²) >= 11 is 0. The van der Waals surface area contributed by atoms with Crippen molar-refractivity contribution in [2.24, 2.45) is 5.92 Å². The minimum Gasteiger partial charge on any atom is -0.354 e. The Balaban J connectivity index is 2.38. The Bertz CT molecular complexity index is 1120. The fraction of sp³-hybridized carbons (Fsp3) is 0.400. The van der Waals surface area contributed by atoms with Crippen LogP contribution in [0.5, 0.6) is 0 Å². The van der Waals surface area contributed by atoms with Gasteiger partial charge in [0.1, 0.15) is 12.6 Å². The van der Waals surface area contributed by atoms with Crippen LogP contribution in [0, 0.1) is 5.92 Å². The second kappa shape index (κ2) is 11.8. The zero-order valence-electron chi connectivity index (χ0n) is 20.3. The number of Topliss-reactive ketones (excluding diaryl/α,β-unsaturated/α-hetero) is 1. The molecule has 9 heteroatoms. The van der Waals surface area contributed by atoms with Gasteiger partial charge in [0.25, 0.3) is 0 Å². The molecule has 2 amide bonds. The Labute approximate surface area is 202 Å². The molecule has 0 bridgehead atoms. The summed E-state index contributed by atoms with van der Waals surface area (Å²) in [6.45, 7) is 7.04. The molecule has 2 rings (SSSR count). The average Bonchev–Trinajstić information content (AvgIpc) is 2.78. The average molecular weight is 488 g/mol. The Hall–Kier alpha value is -3.20. The van der Waals surface area contributed by atoms with Crippen LogP contribution in [0.1, 0.15) is 43.6 Å². The van der Waals surface area contributed by atoms with E-state index in [2.05, 4.69) is 5.32 Å². The van der Waals surface area contributed by atoms with Gasteiger partial charge in [-0.15, -0.1) is 0 Å². The quantitative estimate of drug-likeness (QED) is 0.491. The van der Waals surface area contributed by atoms with Crippen LogP contribution in [0.3, 0.4) is 0 Å². The van der Waals surface area contributed by atoms with Crippen molar-refractivity contribution in [1.29, 1.82) is 0 Å². The van der Waals surface area contributed by atoms with Crippen LogP contribution < -0.4 is 9.62 Å². The van der Waals surface area contributed by atoms with Crippen LogP contribution in [0.15, 0.2) is 54.6 Å². The number of sulfonamides is 1. The summed E-state index contributed by atoms with van der Waals surface area (Å²) in [6.07, 6.45) is 1.00. The Morgan fingerprint density at radius 3 is 2.18 bits per heavy atom.